The van der Waals surface area contributed by atoms with Gasteiger partial charge >= 0.3 is 0 Å². The number of ketones is 2. The van der Waals surface area contributed by atoms with Gasteiger partial charge in [-0.2, -0.15) is 0 Å². The molecule has 0 spiro atoms. The number of morpholine rings is 1. The predicted octanol–water partition coefficient (Wildman–Crippen LogP) is 3.80. The molecule has 0 radical (unpaired) electrons. The number of allylic oxidation sites excluding steroid dienone is 2. The Morgan fingerprint density at radius 3 is 2.03 bits per heavy atom. The van der Waals surface area contributed by atoms with E-state index in [1.54, 1.807) is 6.92 Å². The number of carbonyl (C=O) groups is 2. The summed E-state index contributed by atoms with van der Waals surface area (Å²) in [6, 6.07) is -0.0884. The summed E-state index contributed by atoms with van der Waals surface area (Å²) in [4.78, 5) is 28.4. The molecular weight excluding hydrogens is 370 g/mol. The average molecular weight is 408 g/mol. The average Bonchev–Trinajstić information content (AvgIpc) is 2.74. The van der Waals surface area contributed by atoms with E-state index < -0.39 is 0 Å². The van der Waals surface area contributed by atoms with E-state index in [4.69, 9.17) is 14.2 Å². The fourth-order valence-electron chi connectivity index (χ4n) is 4.26. The number of ether oxygens (including phenoxy) is 3. The van der Waals surface area contributed by atoms with E-state index in [9.17, 15) is 9.59 Å². The third-order valence-corrected chi connectivity index (χ3v) is 5.92. The van der Waals surface area contributed by atoms with Crippen LogP contribution < -0.4 is 0 Å². The molecular formula is C23H37NO5. The van der Waals surface area contributed by atoms with Gasteiger partial charge in [-0.3, -0.25) is 14.5 Å². The van der Waals surface area contributed by atoms with E-state index in [1.165, 1.54) is 46.3 Å². The molecule has 2 rings (SSSR count). The Balaban J connectivity index is 2.16. The van der Waals surface area contributed by atoms with Crippen molar-refractivity contribution in [3.63, 3.8) is 0 Å². The highest BCUT2D eigenvalue weighted by molar-refractivity contribution is 6.23. The second-order valence-corrected chi connectivity index (χ2v) is 7.84. The van der Waals surface area contributed by atoms with Crippen LogP contribution in [0.1, 0.15) is 65.2 Å². The van der Waals surface area contributed by atoms with E-state index in [2.05, 4.69) is 11.8 Å². The lowest BCUT2D eigenvalue weighted by Crippen LogP contribution is -2.47. The highest BCUT2D eigenvalue weighted by Crippen LogP contribution is 2.32. The largest absolute Gasteiger partial charge is 0.489 e. The minimum absolute atomic E-state index is 0.00963. The third-order valence-electron chi connectivity index (χ3n) is 5.92. The van der Waals surface area contributed by atoms with Crippen LogP contribution in [-0.2, 0) is 23.8 Å². The van der Waals surface area contributed by atoms with Gasteiger partial charge in [0.2, 0.25) is 23.1 Å². The van der Waals surface area contributed by atoms with Crippen LogP contribution in [0.4, 0.5) is 0 Å². The van der Waals surface area contributed by atoms with Crippen molar-refractivity contribution in [2.24, 2.45) is 0 Å². The molecule has 1 heterocycles. The van der Waals surface area contributed by atoms with Crippen LogP contribution in [-0.4, -0.2) is 63.0 Å². The normalized spacial score (nSPS) is 19.7. The monoisotopic (exact) mass is 407 g/mol. The first-order valence-electron chi connectivity index (χ1n) is 11.0. The summed E-state index contributed by atoms with van der Waals surface area (Å²) in [6.07, 6.45) is 9.38. The SMILES string of the molecule is CCCCCCCCCC(C1=C(C)C(=O)C(OC)=C(OC)C1=O)N1CCOCC1. The summed E-state index contributed by atoms with van der Waals surface area (Å²) in [5.41, 5.74) is 1.05. The number of hydrogen-bond acceptors (Lipinski definition) is 6. The predicted molar refractivity (Wildman–Crippen MR) is 113 cm³/mol. The Kier molecular flexibility index (Phi) is 9.88. The first kappa shape index (κ1) is 23.6. The highest BCUT2D eigenvalue weighted by atomic mass is 16.5. The number of unbranched alkanes of at least 4 members (excludes halogenated alkanes) is 6. The van der Waals surface area contributed by atoms with Crippen LogP contribution in [0, 0.1) is 0 Å². The second-order valence-electron chi connectivity index (χ2n) is 7.84. The van der Waals surface area contributed by atoms with Gasteiger partial charge in [-0.15, -0.1) is 0 Å². The molecule has 0 N–H and O–H groups in total. The number of rotatable bonds is 12. The summed E-state index contributed by atoms with van der Waals surface area (Å²) >= 11 is 0. The van der Waals surface area contributed by atoms with Crippen molar-refractivity contribution >= 4 is 11.6 Å². The van der Waals surface area contributed by atoms with E-state index in [-0.39, 0.29) is 29.1 Å². The molecule has 6 heteroatoms. The van der Waals surface area contributed by atoms with Crippen molar-refractivity contribution in [3.05, 3.63) is 22.7 Å². The van der Waals surface area contributed by atoms with Crippen LogP contribution in [0.15, 0.2) is 22.7 Å². The van der Waals surface area contributed by atoms with Crippen LogP contribution in [0.25, 0.3) is 0 Å². The molecule has 0 saturated carbocycles. The number of methoxy groups -OCH3 is 2. The Bertz CT molecular complexity index is 631. The minimum atomic E-state index is -0.253. The standard InChI is InChI=1S/C23H37NO5/c1-5-6-7-8-9-10-11-12-18(24-13-15-29-16-14-24)19-17(2)20(25)22(27-3)23(28-4)21(19)26/h18H,5-16H2,1-4H3. The summed E-state index contributed by atoms with van der Waals surface area (Å²) in [6.45, 7) is 6.80. The highest BCUT2D eigenvalue weighted by Gasteiger charge is 2.40. The molecule has 1 aliphatic heterocycles. The second kappa shape index (κ2) is 12.1. The van der Waals surface area contributed by atoms with Gasteiger partial charge in [0, 0.05) is 30.3 Å². The van der Waals surface area contributed by atoms with Crippen molar-refractivity contribution in [2.75, 3.05) is 40.5 Å². The zero-order chi connectivity index (χ0) is 21.2. The van der Waals surface area contributed by atoms with Crippen molar-refractivity contribution < 1.29 is 23.8 Å². The molecule has 6 nitrogen and oxygen atoms in total. The van der Waals surface area contributed by atoms with Gasteiger partial charge in [-0.25, -0.2) is 0 Å². The van der Waals surface area contributed by atoms with E-state index >= 15 is 0 Å². The molecule has 1 saturated heterocycles. The molecule has 0 aromatic rings. The van der Waals surface area contributed by atoms with Gasteiger partial charge < -0.3 is 14.2 Å². The van der Waals surface area contributed by atoms with Gasteiger partial charge in [-0.1, -0.05) is 51.9 Å². The number of carbonyl (C=O) groups excluding carboxylic acids is 2. The molecule has 0 aromatic carbocycles. The summed E-state index contributed by atoms with van der Waals surface area (Å²) in [7, 11) is 2.81. The van der Waals surface area contributed by atoms with Crippen molar-refractivity contribution in [1.82, 2.24) is 4.90 Å². The van der Waals surface area contributed by atoms with Crippen LogP contribution >= 0.6 is 0 Å². The quantitative estimate of drug-likeness (QED) is 0.362. The Hall–Kier alpha value is -1.66. The van der Waals surface area contributed by atoms with Gasteiger partial charge in [0.1, 0.15) is 0 Å². The van der Waals surface area contributed by atoms with E-state index in [1.807, 2.05) is 0 Å². The van der Waals surface area contributed by atoms with Gasteiger partial charge in [0.25, 0.3) is 0 Å². The van der Waals surface area contributed by atoms with E-state index in [0.29, 0.717) is 24.4 Å². The van der Waals surface area contributed by atoms with Crippen LogP contribution in [0.5, 0.6) is 0 Å². The zero-order valence-corrected chi connectivity index (χ0v) is 18.6. The lowest BCUT2D eigenvalue weighted by atomic mass is 9.85. The summed E-state index contributed by atoms with van der Waals surface area (Å²) in [5, 5.41) is 0. The van der Waals surface area contributed by atoms with Gasteiger partial charge in [-0.05, 0) is 13.3 Å². The number of hydrogen-bond donors (Lipinski definition) is 0. The first-order valence-corrected chi connectivity index (χ1v) is 11.0. The maximum atomic E-state index is 13.2. The lowest BCUT2D eigenvalue weighted by Gasteiger charge is -2.37. The van der Waals surface area contributed by atoms with Crippen molar-refractivity contribution in [1.29, 1.82) is 0 Å². The van der Waals surface area contributed by atoms with Crippen LogP contribution in [0.3, 0.4) is 0 Å². The molecule has 1 atom stereocenters. The molecule has 29 heavy (non-hydrogen) atoms. The number of nitrogens with zero attached hydrogens (tertiary/aromatic N) is 1. The van der Waals surface area contributed by atoms with Gasteiger partial charge in [0.15, 0.2) is 0 Å². The molecule has 1 unspecified atom stereocenters. The molecule has 0 bridgehead atoms. The van der Waals surface area contributed by atoms with E-state index in [0.717, 1.165) is 32.4 Å². The zero-order valence-electron chi connectivity index (χ0n) is 18.6. The molecule has 0 amide bonds. The Labute approximate surface area is 175 Å². The maximum absolute atomic E-state index is 13.2. The van der Waals surface area contributed by atoms with Crippen molar-refractivity contribution in [3.8, 4) is 0 Å². The number of Topliss-reactive ketones (excluding diaryl/α,β-unsaturated/α-hetero) is 2. The lowest BCUT2D eigenvalue weighted by molar-refractivity contribution is -0.121. The molecule has 1 aliphatic carbocycles. The topological polar surface area (TPSA) is 65.1 Å². The maximum Gasteiger partial charge on any atom is 0.229 e. The van der Waals surface area contributed by atoms with Gasteiger partial charge in [0.05, 0.1) is 27.4 Å². The fraction of sp³-hybridized carbons (Fsp3) is 0.739. The molecule has 2 aliphatic rings. The Morgan fingerprint density at radius 2 is 1.45 bits per heavy atom. The Morgan fingerprint density at radius 1 is 0.897 bits per heavy atom. The fourth-order valence-corrected chi connectivity index (χ4v) is 4.26. The molecule has 0 aromatic heterocycles. The smallest absolute Gasteiger partial charge is 0.229 e. The van der Waals surface area contributed by atoms with Crippen LogP contribution in [0.2, 0.25) is 0 Å². The molecule has 164 valence electrons. The first-order chi connectivity index (χ1) is 14.1. The third kappa shape index (κ3) is 5.92. The van der Waals surface area contributed by atoms with Crippen molar-refractivity contribution in [2.45, 2.75) is 71.3 Å². The summed E-state index contributed by atoms with van der Waals surface area (Å²) < 4.78 is 16.0. The molecule has 1 fully saturated rings. The minimum Gasteiger partial charge on any atom is -0.489 e. The summed E-state index contributed by atoms with van der Waals surface area (Å²) in [5.74, 6) is -0.441.